The fourth-order valence-corrected chi connectivity index (χ4v) is 5.21. The summed E-state index contributed by atoms with van der Waals surface area (Å²) >= 11 is 0. The Bertz CT molecular complexity index is 998. The molecule has 0 radical (unpaired) electrons. The SMILES string of the molecule is COc1ccc(OCCCCN2CCC(C(C(N)=O)(c3ccccc3)c3ccccc3)C2)cc1. The zero-order valence-electron chi connectivity index (χ0n) is 19.9. The monoisotopic (exact) mass is 458 g/mol. The lowest BCUT2D eigenvalue weighted by molar-refractivity contribution is -0.123. The van der Waals surface area contributed by atoms with E-state index in [0.29, 0.717) is 6.61 Å². The first-order valence-electron chi connectivity index (χ1n) is 12.0. The Morgan fingerprint density at radius 1 is 0.912 bits per heavy atom. The van der Waals surface area contributed by atoms with Crippen molar-refractivity contribution in [3.63, 3.8) is 0 Å². The number of unbranched alkanes of at least 4 members (excludes halogenated alkanes) is 1. The number of hydrogen-bond donors (Lipinski definition) is 1. The van der Waals surface area contributed by atoms with E-state index >= 15 is 0 Å². The van der Waals surface area contributed by atoms with Gasteiger partial charge in [-0.2, -0.15) is 0 Å². The van der Waals surface area contributed by atoms with Crippen LogP contribution in [0.1, 0.15) is 30.4 Å². The summed E-state index contributed by atoms with van der Waals surface area (Å²) < 4.78 is 11.0. The molecular weight excluding hydrogens is 424 g/mol. The highest BCUT2D eigenvalue weighted by atomic mass is 16.5. The van der Waals surface area contributed by atoms with Crippen LogP contribution in [0.4, 0.5) is 0 Å². The number of nitrogens with zero attached hydrogens (tertiary/aromatic N) is 1. The molecule has 0 aliphatic carbocycles. The van der Waals surface area contributed by atoms with E-state index in [1.54, 1.807) is 7.11 Å². The van der Waals surface area contributed by atoms with E-state index in [9.17, 15) is 4.79 Å². The van der Waals surface area contributed by atoms with Crippen LogP contribution in [0.5, 0.6) is 11.5 Å². The minimum atomic E-state index is -0.825. The third kappa shape index (κ3) is 5.10. The molecule has 3 aromatic carbocycles. The van der Waals surface area contributed by atoms with Crippen LogP contribution in [0, 0.1) is 5.92 Å². The molecule has 1 amide bonds. The third-order valence-electron chi connectivity index (χ3n) is 6.93. The Balaban J connectivity index is 1.38. The zero-order chi connectivity index (χ0) is 23.8. The first-order valence-corrected chi connectivity index (χ1v) is 12.0. The summed E-state index contributed by atoms with van der Waals surface area (Å²) in [6, 6.07) is 27.8. The average Bonchev–Trinajstić information content (AvgIpc) is 3.35. The van der Waals surface area contributed by atoms with Crippen molar-refractivity contribution in [3.8, 4) is 11.5 Å². The number of ether oxygens (including phenoxy) is 2. The summed E-state index contributed by atoms with van der Waals surface area (Å²) in [5.41, 5.74) is 7.33. The highest BCUT2D eigenvalue weighted by Crippen LogP contribution is 2.43. The predicted octanol–water partition coefficient (Wildman–Crippen LogP) is 4.65. The van der Waals surface area contributed by atoms with Gasteiger partial charge in [0.2, 0.25) is 5.91 Å². The van der Waals surface area contributed by atoms with Crippen LogP contribution in [0.2, 0.25) is 0 Å². The first-order chi connectivity index (χ1) is 16.6. The van der Waals surface area contributed by atoms with Crippen LogP contribution in [0.15, 0.2) is 84.9 Å². The van der Waals surface area contributed by atoms with Gasteiger partial charge in [-0.15, -0.1) is 0 Å². The van der Waals surface area contributed by atoms with E-state index in [1.807, 2.05) is 84.9 Å². The van der Waals surface area contributed by atoms with Gasteiger partial charge < -0.3 is 20.1 Å². The smallest absolute Gasteiger partial charge is 0.232 e. The van der Waals surface area contributed by atoms with Gasteiger partial charge in [0.05, 0.1) is 13.7 Å². The lowest BCUT2D eigenvalue weighted by Gasteiger charge is -2.37. The van der Waals surface area contributed by atoms with Gasteiger partial charge in [0.1, 0.15) is 16.9 Å². The van der Waals surface area contributed by atoms with Crippen LogP contribution in [-0.4, -0.2) is 44.2 Å². The molecule has 0 bridgehead atoms. The van der Waals surface area contributed by atoms with E-state index < -0.39 is 5.41 Å². The van der Waals surface area contributed by atoms with Crippen LogP contribution in [0.25, 0.3) is 0 Å². The number of likely N-dealkylation sites (tertiary alicyclic amines) is 1. The van der Waals surface area contributed by atoms with Gasteiger partial charge in [-0.1, -0.05) is 60.7 Å². The minimum absolute atomic E-state index is 0.130. The van der Waals surface area contributed by atoms with Gasteiger partial charge in [0.15, 0.2) is 0 Å². The quantitative estimate of drug-likeness (QED) is 0.425. The molecule has 1 aliphatic heterocycles. The van der Waals surface area contributed by atoms with Gasteiger partial charge in [-0.3, -0.25) is 4.79 Å². The second-order valence-corrected chi connectivity index (χ2v) is 8.92. The van der Waals surface area contributed by atoms with Crippen LogP contribution >= 0.6 is 0 Å². The molecule has 1 unspecified atom stereocenters. The molecule has 1 saturated heterocycles. The van der Waals surface area contributed by atoms with E-state index in [4.69, 9.17) is 15.2 Å². The highest BCUT2D eigenvalue weighted by molar-refractivity contribution is 5.91. The van der Waals surface area contributed by atoms with Crippen molar-refractivity contribution in [1.82, 2.24) is 4.90 Å². The van der Waals surface area contributed by atoms with Crippen LogP contribution in [-0.2, 0) is 10.2 Å². The topological polar surface area (TPSA) is 64.8 Å². The van der Waals surface area contributed by atoms with Crippen LogP contribution < -0.4 is 15.2 Å². The molecule has 178 valence electrons. The molecule has 1 aliphatic rings. The molecule has 1 atom stereocenters. The Kier molecular flexibility index (Phi) is 7.86. The fraction of sp³-hybridized carbons (Fsp3) is 0.345. The van der Waals surface area contributed by atoms with Crippen LogP contribution in [0.3, 0.4) is 0 Å². The standard InChI is InChI=1S/C29H34N2O3/c1-33-26-14-16-27(17-15-26)34-21-9-8-19-31-20-18-25(22-31)29(28(30)32,23-10-4-2-5-11-23)24-12-6-3-7-13-24/h2-7,10-17,25H,8-9,18-22H2,1H3,(H2,30,32). The van der Waals surface area contributed by atoms with Crippen molar-refractivity contribution in [1.29, 1.82) is 0 Å². The second kappa shape index (κ2) is 11.2. The minimum Gasteiger partial charge on any atom is -0.497 e. The zero-order valence-corrected chi connectivity index (χ0v) is 19.9. The van der Waals surface area contributed by atoms with E-state index in [-0.39, 0.29) is 11.8 Å². The van der Waals surface area contributed by atoms with Crippen molar-refractivity contribution in [2.45, 2.75) is 24.7 Å². The Labute approximate surface area is 202 Å². The van der Waals surface area contributed by atoms with Gasteiger partial charge in [0, 0.05) is 6.54 Å². The summed E-state index contributed by atoms with van der Waals surface area (Å²) in [7, 11) is 1.66. The number of amides is 1. The molecular formula is C29H34N2O3. The van der Waals surface area contributed by atoms with E-state index in [2.05, 4.69) is 4.90 Å². The number of methoxy groups -OCH3 is 1. The molecule has 5 nitrogen and oxygen atoms in total. The number of benzene rings is 3. The van der Waals surface area contributed by atoms with Crippen molar-refractivity contribution < 1.29 is 14.3 Å². The Morgan fingerprint density at radius 3 is 2.06 bits per heavy atom. The summed E-state index contributed by atoms with van der Waals surface area (Å²) in [6.45, 7) is 3.49. The van der Waals surface area contributed by atoms with Crippen molar-refractivity contribution >= 4 is 5.91 Å². The number of primary amides is 1. The number of hydrogen-bond acceptors (Lipinski definition) is 4. The van der Waals surface area contributed by atoms with Crippen molar-refractivity contribution in [2.75, 3.05) is 33.4 Å². The number of nitrogens with two attached hydrogens (primary N) is 1. The van der Waals surface area contributed by atoms with Gasteiger partial charge in [0.25, 0.3) is 0 Å². The molecule has 2 N–H and O–H groups in total. The number of carbonyl (C=O) groups excluding carboxylic acids is 1. The van der Waals surface area contributed by atoms with Gasteiger partial charge in [-0.05, 0) is 73.7 Å². The summed E-state index contributed by atoms with van der Waals surface area (Å²) in [4.78, 5) is 15.6. The predicted molar refractivity (Wildman–Crippen MR) is 135 cm³/mol. The average molecular weight is 459 g/mol. The lowest BCUT2D eigenvalue weighted by Crippen LogP contribution is -2.49. The highest BCUT2D eigenvalue weighted by Gasteiger charge is 2.49. The second-order valence-electron chi connectivity index (χ2n) is 8.92. The number of carbonyl (C=O) groups is 1. The molecule has 34 heavy (non-hydrogen) atoms. The molecule has 4 rings (SSSR count). The molecule has 1 fully saturated rings. The first kappa shape index (κ1) is 23.8. The molecule has 0 spiro atoms. The fourth-order valence-electron chi connectivity index (χ4n) is 5.21. The molecule has 3 aromatic rings. The maximum absolute atomic E-state index is 13.2. The summed E-state index contributed by atoms with van der Waals surface area (Å²) in [5.74, 6) is 1.54. The van der Waals surface area contributed by atoms with Gasteiger partial charge in [-0.25, -0.2) is 0 Å². The lowest BCUT2D eigenvalue weighted by atomic mass is 9.64. The third-order valence-corrected chi connectivity index (χ3v) is 6.93. The maximum Gasteiger partial charge on any atom is 0.232 e. The molecule has 5 heteroatoms. The molecule has 1 heterocycles. The number of rotatable bonds is 11. The Hall–Kier alpha value is -3.31. The largest absolute Gasteiger partial charge is 0.497 e. The normalized spacial score (nSPS) is 16.3. The molecule has 0 saturated carbocycles. The maximum atomic E-state index is 13.2. The van der Waals surface area contributed by atoms with Crippen molar-refractivity contribution in [3.05, 3.63) is 96.1 Å². The van der Waals surface area contributed by atoms with Crippen molar-refractivity contribution in [2.24, 2.45) is 11.7 Å². The summed E-state index contributed by atoms with van der Waals surface area (Å²) in [6.07, 6.45) is 2.96. The van der Waals surface area contributed by atoms with E-state index in [1.165, 1.54) is 0 Å². The Morgan fingerprint density at radius 2 is 1.50 bits per heavy atom. The summed E-state index contributed by atoms with van der Waals surface area (Å²) in [5, 5.41) is 0. The van der Waals surface area contributed by atoms with E-state index in [0.717, 1.165) is 61.5 Å². The van der Waals surface area contributed by atoms with Gasteiger partial charge >= 0.3 is 0 Å². The molecule has 0 aromatic heterocycles.